The largest absolute Gasteiger partial charge is 0.356 e. The van der Waals surface area contributed by atoms with Gasteiger partial charge in [-0.2, -0.15) is 0 Å². The molecule has 2 nitrogen and oxygen atoms in total. The Kier molecular flexibility index (Phi) is 4.54. The minimum absolute atomic E-state index is 0.303. The third kappa shape index (κ3) is 4.08. The van der Waals surface area contributed by atoms with Crippen molar-refractivity contribution in [2.75, 3.05) is 0 Å². The van der Waals surface area contributed by atoms with E-state index in [0.717, 1.165) is 25.7 Å². The van der Waals surface area contributed by atoms with Gasteiger partial charge in [0.2, 0.25) is 6.41 Å². The van der Waals surface area contributed by atoms with Crippen molar-refractivity contribution in [1.29, 1.82) is 0 Å². The molecule has 3 heteroatoms. The minimum Gasteiger partial charge on any atom is -0.356 e. The fourth-order valence-electron chi connectivity index (χ4n) is 1.24. The number of carbonyl (C=O) groups is 1. The summed E-state index contributed by atoms with van der Waals surface area (Å²) < 4.78 is 0. The van der Waals surface area contributed by atoms with E-state index in [4.69, 9.17) is 0 Å². The lowest BCUT2D eigenvalue weighted by atomic mass is 10.1. The molecule has 0 aromatic carbocycles. The molecule has 1 amide bonds. The van der Waals surface area contributed by atoms with E-state index in [2.05, 4.69) is 22.8 Å². The van der Waals surface area contributed by atoms with Gasteiger partial charge < -0.3 is 5.32 Å². The zero-order valence-electron chi connectivity index (χ0n) is 7.82. The molecule has 1 N–H and O–H groups in total. The number of hydrogen-bond acceptors (Lipinski definition) is 2. The van der Waals surface area contributed by atoms with Crippen LogP contribution in [0.25, 0.3) is 0 Å². The first-order valence-corrected chi connectivity index (χ1v) is 5.43. The monoisotopic (exact) mass is 197 g/mol. The second-order valence-corrected chi connectivity index (χ2v) is 4.19. The van der Waals surface area contributed by atoms with Gasteiger partial charge in [0.1, 0.15) is 0 Å². The van der Waals surface area contributed by atoms with Gasteiger partial charge in [-0.15, -0.1) is 11.3 Å². The predicted molar refractivity (Wildman–Crippen MR) is 55.9 cm³/mol. The molecule has 0 saturated heterocycles. The molecule has 0 spiro atoms. The molecular formula is C10H15NOS. The number of hydrogen-bond donors (Lipinski definition) is 1. The fraction of sp³-hybridized carbons (Fsp3) is 0.500. The normalized spacial score (nSPS) is 12.4. The van der Waals surface area contributed by atoms with Crippen LogP contribution in [0, 0.1) is 0 Å². The third-order valence-electron chi connectivity index (χ3n) is 1.99. The third-order valence-corrected chi connectivity index (χ3v) is 2.93. The lowest BCUT2D eigenvalue weighted by molar-refractivity contribution is -0.110. The summed E-state index contributed by atoms with van der Waals surface area (Å²) in [4.78, 5) is 11.5. The van der Waals surface area contributed by atoms with Crippen molar-refractivity contribution in [2.24, 2.45) is 0 Å². The Morgan fingerprint density at radius 3 is 3.15 bits per heavy atom. The first-order valence-electron chi connectivity index (χ1n) is 4.55. The highest BCUT2D eigenvalue weighted by Crippen LogP contribution is 2.12. The molecule has 0 aliphatic carbocycles. The molecule has 1 unspecified atom stereocenters. The Hall–Kier alpha value is -0.830. The molecule has 0 aliphatic heterocycles. The van der Waals surface area contributed by atoms with E-state index in [1.807, 2.05) is 6.92 Å². The molecule has 1 rings (SSSR count). The van der Waals surface area contributed by atoms with Crippen LogP contribution in [0.1, 0.15) is 24.6 Å². The average Bonchev–Trinajstić information content (AvgIpc) is 2.57. The Labute approximate surface area is 83.0 Å². The molecule has 0 aliphatic rings. The van der Waals surface area contributed by atoms with Gasteiger partial charge in [-0.3, -0.25) is 4.79 Å². The van der Waals surface area contributed by atoms with Crippen molar-refractivity contribution in [3.8, 4) is 0 Å². The topological polar surface area (TPSA) is 29.1 Å². The number of rotatable bonds is 6. The minimum atomic E-state index is 0.303. The van der Waals surface area contributed by atoms with Gasteiger partial charge >= 0.3 is 0 Å². The van der Waals surface area contributed by atoms with Crippen LogP contribution in [0.4, 0.5) is 0 Å². The van der Waals surface area contributed by atoms with Gasteiger partial charge in [0.05, 0.1) is 0 Å². The standard InChI is InChI=1S/C10H15NOS/c1-9(11-8-12)4-2-5-10-6-3-7-13-10/h3,6-9H,2,4-5H2,1H3,(H,11,12). The summed E-state index contributed by atoms with van der Waals surface area (Å²) in [5.74, 6) is 0. The quantitative estimate of drug-likeness (QED) is 0.696. The van der Waals surface area contributed by atoms with Gasteiger partial charge in [0.15, 0.2) is 0 Å². The Morgan fingerprint density at radius 2 is 2.54 bits per heavy atom. The van der Waals surface area contributed by atoms with Gasteiger partial charge in [-0.1, -0.05) is 6.07 Å². The maximum Gasteiger partial charge on any atom is 0.207 e. The van der Waals surface area contributed by atoms with Crippen molar-refractivity contribution in [3.05, 3.63) is 22.4 Å². The van der Waals surface area contributed by atoms with E-state index in [1.165, 1.54) is 4.88 Å². The molecule has 13 heavy (non-hydrogen) atoms. The second-order valence-electron chi connectivity index (χ2n) is 3.16. The van der Waals surface area contributed by atoms with Gasteiger partial charge in [0, 0.05) is 10.9 Å². The van der Waals surface area contributed by atoms with Gasteiger partial charge in [-0.05, 0) is 37.6 Å². The Morgan fingerprint density at radius 1 is 1.69 bits per heavy atom. The first kappa shape index (κ1) is 10.3. The lowest BCUT2D eigenvalue weighted by Crippen LogP contribution is -2.23. The van der Waals surface area contributed by atoms with Crippen LogP contribution in [-0.2, 0) is 11.2 Å². The SMILES string of the molecule is CC(CCCc1cccs1)NC=O. The van der Waals surface area contributed by atoms with E-state index in [9.17, 15) is 4.79 Å². The zero-order chi connectivity index (χ0) is 9.52. The molecule has 0 bridgehead atoms. The van der Waals surface area contributed by atoms with E-state index < -0.39 is 0 Å². The van der Waals surface area contributed by atoms with Crippen LogP contribution >= 0.6 is 11.3 Å². The van der Waals surface area contributed by atoms with Gasteiger partial charge in [-0.25, -0.2) is 0 Å². The molecule has 1 atom stereocenters. The summed E-state index contributed by atoms with van der Waals surface area (Å²) in [6, 6.07) is 4.53. The lowest BCUT2D eigenvalue weighted by Gasteiger charge is -2.08. The highest BCUT2D eigenvalue weighted by atomic mass is 32.1. The summed E-state index contributed by atoms with van der Waals surface area (Å²) in [6.07, 6.45) is 4.09. The van der Waals surface area contributed by atoms with Crippen molar-refractivity contribution in [2.45, 2.75) is 32.2 Å². The summed E-state index contributed by atoms with van der Waals surface area (Å²) >= 11 is 1.80. The van der Waals surface area contributed by atoms with E-state index in [1.54, 1.807) is 11.3 Å². The smallest absolute Gasteiger partial charge is 0.207 e. The molecule has 1 heterocycles. The average molecular weight is 197 g/mol. The van der Waals surface area contributed by atoms with Crippen molar-refractivity contribution >= 4 is 17.7 Å². The fourth-order valence-corrected chi connectivity index (χ4v) is 1.99. The molecule has 72 valence electrons. The van der Waals surface area contributed by atoms with Crippen LogP contribution < -0.4 is 5.32 Å². The summed E-state index contributed by atoms with van der Waals surface area (Å²) in [5.41, 5.74) is 0. The maximum atomic E-state index is 10.1. The van der Waals surface area contributed by atoms with Crippen molar-refractivity contribution in [3.63, 3.8) is 0 Å². The summed E-state index contributed by atoms with van der Waals surface area (Å²) in [6.45, 7) is 2.03. The molecule has 0 fully saturated rings. The maximum absolute atomic E-state index is 10.1. The summed E-state index contributed by atoms with van der Waals surface area (Å²) in [5, 5.41) is 4.85. The predicted octanol–water partition coefficient (Wildman–Crippen LogP) is 2.21. The highest BCUT2D eigenvalue weighted by Gasteiger charge is 1.99. The number of carbonyl (C=O) groups excluding carboxylic acids is 1. The van der Waals surface area contributed by atoms with Crippen LogP contribution in [0.2, 0.25) is 0 Å². The van der Waals surface area contributed by atoms with Crippen LogP contribution in [-0.4, -0.2) is 12.5 Å². The number of amides is 1. The van der Waals surface area contributed by atoms with Crippen molar-refractivity contribution < 1.29 is 4.79 Å². The molecular weight excluding hydrogens is 182 g/mol. The molecule has 1 aromatic rings. The van der Waals surface area contributed by atoms with Crippen molar-refractivity contribution in [1.82, 2.24) is 5.32 Å². The van der Waals surface area contributed by atoms with Crippen LogP contribution in [0.3, 0.4) is 0 Å². The Bertz CT molecular complexity index is 233. The van der Waals surface area contributed by atoms with Crippen LogP contribution in [0.15, 0.2) is 17.5 Å². The second kappa shape index (κ2) is 5.75. The first-order chi connectivity index (χ1) is 6.33. The van der Waals surface area contributed by atoms with E-state index in [-0.39, 0.29) is 0 Å². The Balaban J connectivity index is 2.10. The molecule has 1 aromatic heterocycles. The zero-order valence-corrected chi connectivity index (χ0v) is 8.64. The van der Waals surface area contributed by atoms with Crippen LogP contribution in [0.5, 0.6) is 0 Å². The molecule has 0 saturated carbocycles. The number of thiophene rings is 1. The summed E-state index contributed by atoms with van der Waals surface area (Å²) in [7, 11) is 0. The van der Waals surface area contributed by atoms with Gasteiger partial charge in [0.25, 0.3) is 0 Å². The number of aryl methyl sites for hydroxylation is 1. The molecule has 0 radical (unpaired) electrons. The number of nitrogens with one attached hydrogen (secondary N) is 1. The van der Waals surface area contributed by atoms with E-state index in [0.29, 0.717) is 6.04 Å². The van der Waals surface area contributed by atoms with E-state index >= 15 is 0 Å². The highest BCUT2D eigenvalue weighted by molar-refractivity contribution is 7.09.